The van der Waals surface area contributed by atoms with E-state index in [1.807, 2.05) is 16.8 Å². The van der Waals surface area contributed by atoms with Gasteiger partial charge >= 0.3 is 0 Å². The maximum absolute atomic E-state index is 12.1. The van der Waals surface area contributed by atoms with Gasteiger partial charge in [-0.05, 0) is 37.3 Å². The van der Waals surface area contributed by atoms with Crippen LogP contribution < -0.4 is 11.3 Å². The minimum atomic E-state index is -0.897. The van der Waals surface area contributed by atoms with Crippen molar-refractivity contribution in [2.24, 2.45) is 11.3 Å². The molecule has 10 heteroatoms. The number of rotatable bonds is 3. The molecule has 3 atom stereocenters. The number of nitrogens with zero attached hydrogens (tertiary/aromatic N) is 4. The van der Waals surface area contributed by atoms with Gasteiger partial charge in [0.2, 0.25) is 0 Å². The van der Waals surface area contributed by atoms with Crippen LogP contribution in [0, 0.1) is 11.3 Å². The number of anilines is 1. The van der Waals surface area contributed by atoms with Gasteiger partial charge in [-0.1, -0.05) is 17.7 Å². The molecule has 0 unspecified atom stereocenters. The lowest BCUT2D eigenvalue weighted by Crippen LogP contribution is -2.47. The third-order valence-electron chi connectivity index (χ3n) is 6.69. The van der Waals surface area contributed by atoms with Crippen LogP contribution in [0.5, 0.6) is 0 Å². The molecule has 160 valence electrons. The summed E-state index contributed by atoms with van der Waals surface area (Å²) in [5.74, 6) is 0.623. The Morgan fingerprint density at radius 2 is 1.97 bits per heavy atom. The second kappa shape index (κ2) is 7.53. The second-order valence-electron chi connectivity index (χ2n) is 8.36. The van der Waals surface area contributed by atoms with E-state index < -0.39 is 12.2 Å². The van der Waals surface area contributed by atoms with E-state index in [1.165, 1.54) is 12.4 Å². The van der Waals surface area contributed by atoms with Crippen LogP contribution in [-0.4, -0.2) is 41.5 Å². The molecule has 1 spiro atoms. The molecule has 3 aromatic heterocycles. The summed E-state index contributed by atoms with van der Waals surface area (Å²) in [7, 11) is 0. The summed E-state index contributed by atoms with van der Waals surface area (Å²) >= 11 is 6.16. The standard InChI is InChI=1S/C20H22ClN5O3.ClH/c21-14-2-1-3-15(27)26(14)9-11-6-20(7-11)8-13(16(28)17(20)29)25-5-4-12-18(22)23-10-24-19(12)25;/h1-5,10-11,13,16-17,28-29H,6-9H2,(H2,22,23,24);1H/t11?,13-,16+,17+,20?;/m1./s1. The van der Waals surface area contributed by atoms with Gasteiger partial charge in [0, 0.05) is 24.2 Å². The Labute approximate surface area is 183 Å². The average molecular weight is 452 g/mol. The summed E-state index contributed by atoms with van der Waals surface area (Å²) in [6.45, 7) is 0.518. The molecule has 3 aromatic rings. The number of aliphatic hydroxyl groups excluding tert-OH is 2. The number of nitrogen functional groups attached to an aromatic ring is 1. The van der Waals surface area contributed by atoms with Gasteiger partial charge < -0.3 is 20.5 Å². The molecule has 2 aliphatic carbocycles. The lowest BCUT2D eigenvalue weighted by Gasteiger charge is -2.48. The molecule has 8 nitrogen and oxygen atoms in total. The molecule has 0 amide bonds. The number of fused-ring (bicyclic) bond motifs is 1. The highest BCUT2D eigenvalue weighted by Gasteiger charge is 2.59. The summed E-state index contributed by atoms with van der Waals surface area (Å²) in [6.07, 6.45) is 3.62. The normalized spacial score (nSPS) is 30.4. The average Bonchev–Trinajstić information content (AvgIpc) is 3.20. The van der Waals surface area contributed by atoms with E-state index in [4.69, 9.17) is 17.3 Å². The van der Waals surface area contributed by atoms with Crippen molar-refractivity contribution in [3.05, 3.63) is 52.3 Å². The SMILES string of the molecule is Cl.Nc1ncnc2c1ccn2[C@@H]1CC2(CC(Cn3c(Cl)cccc3=O)C2)[C@@H](O)[C@H]1O. The van der Waals surface area contributed by atoms with Crippen LogP contribution in [0.1, 0.15) is 25.3 Å². The van der Waals surface area contributed by atoms with Crippen molar-refractivity contribution in [2.45, 2.75) is 44.1 Å². The van der Waals surface area contributed by atoms with E-state index >= 15 is 0 Å². The first-order valence-corrected chi connectivity index (χ1v) is 10.1. The third kappa shape index (κ3) is 3.10. The zero-order valence-corrected chi connectivity index (χ0v) is 17.6. The van der Waals surface area contributed by atoms with Gasteiger partial charge in [-0.25, -0.2) is 9.97 Å². The van der Waals surface area contributed by atoms with Crippen molar-refractivity contribution in [3.63, 3.8) is 0 Å². The fraction of sp³-hybridized carbons (Fsp3) is 0.450. The summed E-state index contributed by atoms with van der Waals surface area (Å²) in [4.78, 5) is 20.4. The molecule has 30 heavy (non-hydrogen) atoms. The number of aromatic nitrogens is 4. The number of hydrogen-bond acceptors (Lipinski definition) is 6. The Hall–Kier alpha value is -2.13. The molecule has 0 saturated heterocycles. The predicted molar refractivity (Wildman–Crippen MR) is 116 cm³/mol. The smallest absolute Gasteiger partial charge is 0.251 e. The van der Waals surface area contributed by atoms with E-state index in [2.05, 4.69) is 9.97 Å². The molecule has 0 aliphatic heterocycles. The van der Waals surface area contributed by atoms with Crippen molar-refractivity contribution in [2.75, 3.05) is 5.73 Å². The van der Waals surface area contributed by atoms with E-state index in [-0.39, 0.29) is 35.3 Å². The molecule has 2 saturated carbocycles. The Bertz CT molecular complexity index is 1140. The lowest BCUT2D eigenvalue weighted by molar-refractivity contribution is -0.0875. The summed E-state index contributed by atoms with van der Waals surface area (Å²) in [6, 6.07) is 6.38. The Kier molecular flexibility index (Phi) is 5.30. The first-order chi connectivity index (χ1) is 13.9. The molecular weight excluding hydrogens is 429 g/mol. The van der Waals surface area contributed by atoms with Crippen LogP contribution in [0.3, 0.4) is 0 Å². The third-order valence-corrected chi connectivity index (χ3v) is 7.02. The Morgan fingerprint density at radius 1 is 1.20 bits per heavy atom. The second-order valence-corrected chi connectivity index (χ2v) is 8.75. The number of halogens is 2. The van der Waals surface area contributed by atoms with E-state index in [1.54, 1.807) is 16.7 Å². The highest BCUT2D eigenvalue weighted by atomic mass is 35.5. The summed E-state index contributed by atoms with van der Waals surface area (Å²) in [5.41, 5.74) is 6.09. The van der Waals surface area contributed by atoms with Gasteiger partial charge in [-0.15, -0.1) is 12.4 Å². The summed E-state index contributed by atoms with van der Waals surface area (Å²) < 4.78 is 3.45. The summed E-state index contributed by atoms with van der Waals surface area (Å²) in [5, 5.41) is 22.8. The van der Waals surface area contributed by atoms with E-state index in [0.717, 1.165) is 18.2 Å². The Balaban J connectivity index is 0.00000218. The number of hydrogen-bond donors (Lipinski definition) is 3. The predicted octanol–water partition coefficient (Wildman–Crippen LogP) is 2.01. The van der Waals surface area contributed by atoms with Crippen molar-refractivity contribution in [1.82, 2.24) is 19.1 Å². The molecule has 0 bridgehead atoms. The van der Waals surface area contributed by atoms with Crippen molar-refractivity contribution in [3.8, 4) is 0 Å². The molecule has 4 N–H and O–H groups in total. The molecule has 3 heterocycles. The van der Waals surface area contributed by atoms with Crippen LogP contribution in [0.4, 0.5) is 5.82 Å². The van der Waals surface area contributed by atoms with Crippen molar-refractivity contribution in [1.29, 1.82) is 0 Å². The van der Waals surface area contributed by atoms with Crippen LogP contribution >= 0.6 is 24.0 Å². The maximum atomic E-state index is 12.1. The maximum Gasteiger partial charge on any atom is 0.251 e. The minimum Gasteiger partial charge on any atom is -0.390 e. The quantitative estimate of drug-likeness (QED) is 0.523. The van der Waals surface area contributed by atoms with Crippen molar-refractivity contribution >= 4 is 40.9 Å². The fourth-order valence-corrected chi connectivity index (χ4v) is 5.53. The van der Waals surface area contributed by atoms with Gasteiger partial charge in [0.25, 0.3) is 5.56 Å². The highest BCUT2D eigenvalue weighted by Crippen LogP contribution is 2.59. The number of aliphatic hydroxyl groups is 2. The van der Waals surface area contributed by atoms with Crippen LogP contribution in [0.15, 0.2) is 41.6 Å². The first-order valence-electron chi connectivity index (χ1n) is 9.68. The molecular formula is C20H23Cl2N5O3. The zero-order valence-electron chi connectivity index (χ0n) is 16.1. The Morgan fingerprint density at radius 3 is 2.70 bits per heavy atom. The first kappa shape index (κ1) is 21.1. The van der Waals surface area contributed by atoms with Gasteiger partial charge in [-0.2, -0.15) is 0 Å². The molecule has 2 fully saturated rings. The van der Waals surface area contributed by atoms with E-state index in [0.29, 0.717) is 29.6 Å². The molecule has 0 aromatic carbocycles. The van der Waals surface area contributed by atoms with Crippen LogP contribution in [0.25, 0.3) is 11.0 Å². The van der Waals surface area contributed by atoms with Gasteiger partial charge in [-0.3, -0.25) is 9.36 Å². The number of nitrogens with two attached hydrogens (primary N) is 1. The minimum absolute atomic E-state index is 0. The topological polar surface area (TPSA) is 119 Å². The monoisotopic (exact) mass is 451 g/mol. The van der Waals surface area contributed by atoms with Crippen molar-refractivity contribution < 1.29 is 10.2 Å². The zero-order chi connectivity index (χ0) is 20.3. The number of pyridine rings is 1. The molecule has 2 aliphatic rings. The van der Waals surface area contributed by atoms with Gasteiger partial charge in [0.1, 0.15) is 29.0 Å². The molecule has 0 radical (unpaired) electrons. The van der Waals surface area contributed by atoms with Crippen LogP contribution in [-0.2, 0) is 6.54 Å². The fourth-order valence-electron chi connectivity index (χ4n) is 5.31. The lowest BCUT2D eigenvalue weighted by atomic mass is 9.59. The van der Waals surface area contributed by atoms with Crippen LogP contribution in [0.2, 0.25) is 5.15 Å². The molecule has 5 rings (SSSR count). The van der Waals surface area contributed by atoms with Gasteiger partial charge in [0.15, 0.2) is 0 Å². The largest absolute Gasteiger partial charge is 0.390 e. The van der Waals surface area contributed by atoms with E-state index in [9.17, 15) is 15.0 Å². The van der Waals surface area contributed by atoms with Gasteiger partial charge in [0.05, 0.1) is 17.5 Å². The highest BCUT2D eigenvalue weighted by molar-refractivity contribution is 6.29.